The van der Waals surface area contributed by atoms with E-state index in [1.54, 1.807) is 0 Å². The Labute approximate surface area is 75.4 Å². The summed E-state index contributed by atoms with van der Waals surface area (Å²) in [6.07, 6.45) is 5.18. The molecule has 1 aliphatic rings. The van der Waals surface area contributed by atoms with Gasteiger partial charge < -0.3 is 5.32 Å². The average Bonchev–Trinajstić information content (AvgIpc) is 2.12. The molecule has 4 nitrogen and oxygen atoms in total. The Balaban J connectivity index is 2.02. The maximum absolute atomic E-state index is 11.4. The second-order valence-electron chi connectivity index (χ2n) is 2.64. The van der Waals surface area contributed by atoms with Gasteiger partial charge in [-0.3, -0.25) is 9.78 Å². The van der Waals surface area contributed by atoms with Gasteiger partial charge in [0.05, 0.1) is 6.20 Å². The van der Waals surface area contributed by atoms with Crippen LogP contribution in [0.25, 0.3) is 0 Å². The molecule has 0 bridgehead atoms. The van der Waals surface area contributed by atoms with E-state index in [1.807, 2.05) is 0 Å². The molecule has 64 valence electrons. The van der Waals surface area contributed by atoms with Crippen LogP contribution in [0.2, 0.25) is 0 Å². The highest BCUT2D eigenvalue weighted by molar-refractivity contribution is 5.92. The molecule has 2 rings (SSSR count). The van der Waals surface area contributed by atoms with Gasteiger partial charge in [0.2, 0.25) is 0 Å². The van der Waals surface area contributed by atoms with Crippen molar-refractivity contribution >= 4 is 5.91 Å². The van der Waals surface area contributed by atoms with E-state index < -0.39 is 0 Å². The summed E-state index contributed by atoms with van der Waals surface area (Å²) in [7, 11) is 0. The molecule has 1 atom stereocenters. The first-order valence-electron chi connectivity index (χ1n) is 3.91. The molecule has 4 heteroatoms. The summed E-state index contributed by atoms with van der Waals surface area (Å²) in [5.74, 6) is 5.42. The van der Waals surface area contributed by atoms with Gasteiger partial charge >= 0.3 is 0 Å². The molecule has 0 aliphatic heterocycles. The van der Waals surface area contributed by atoms with Crippen molar-refractivity contribution in [2.24, 2.45) is 0 Å². The van der Waals surface area contributed by atoms with E-state index in [1.165, 1.54) is 18.6 Å². The zero-order valence-electron chi connectivity index (χ0n) is 6.82. The van der Waals surface area contributed by atoms with Crippen LogP contribution in [0, 0.1) is 11.8 Å². The van der Waals surface area contributed by atoms with Gasteiger partial charge in [0.15, 0.2) is 0 Å². The molecule has 1 N–H and O–H groups in total. The van der Waals surface area contributed by atoms with Crippen molar-refractivity contribution < 1.29 is 4.79 Å². The van der Waals surface area contributed by atoms with Crippen LogP contribution in [-0.4, -0.2) is 21.9 Å². The Kier molecular flexibility index (Phi) is 1.93. The van der Waals surface area contributed by atoms with Gasteiger partial charge in [-0.1, -0.05) is 11.8 Å². The fraction of sp³-hybridized carbons (Fsp3) is 0.222. The van der Waals surface area contributed by atoms with E-state index >= 15 is 0 Å². The van der Waals surface area contributed by atoms with Gasteiger partial charge in [0.1, 0.15) is 11.7 Å². The number of nitrogens with one attached hydrogen (secondary N) is 1. The van der Waals surface area contributed by atoms with Crippen LogP contribution in [-0.2, 0) is 0 Å². The van der Waals surface area contributed by atoms with Crippen molar-refractivity contribution in [1.29, 1.82) is 0 Å². The highest BCUT2D eigenvalue weighted by Gasteiger charge is 2.14. The zero-order valence-corrected chi connectivity index (χ0v) is 6.82. The molecule has 1 aromatic rings. The van der Waals surface area contributed by atoms with Crippen molar-refractivity contribution in [3.63, 3.8) is 0 Å². The topological polar surface area (TPSA) is 54.9 Å². The Morgan fingerprint density at radius 3 is 3.00 bits per heavy atom. The van der Waals surface area contributed by atoms with Gasteiger partial charge in [-0.25, -0.2) is 4.98 Å². The summed E-state index contributed by atoms with van der Waals surface area (Å²) >= 11 is 0. The standard InChI is InChI=1S/C9H7N3O/c13-9(12-7-2-1-3-7)8-6-10-4-5-11-8/h4-7H,2H2,(H,12,13). The number of amides is 1. The molecule has 0 saturated heterocycles. The van der Waals surface area contributed by atoms with Crippen LogP contribution in [0.5, 0.6) is 0 Å². The molecule has 1 heterocycles. The van der Waals surface area contributed by atoms with E-state index in [-0.39, 0.29) is 11.9 Å². The molecule has 0 aromatic carbocycles. The molecule has 1 aromatic heterocycles. The molecule has 0 radical (unpaired) electrons. The van der Waals surface area contributed by atoms with Gasteiger partial charge in [0.25, 0.3) is 5.91 Å². The van der Waals surface area contributed by atoms with E-state index in [4.69, 9.17) is 0 Å². The van der Waals surface area contributed by atoms with Crippen LogP contribution in [0.4, 0.5) is 0 Å². The van der Waals surface area contributed by atoms with Crippen LogP contribution >= 0.6 is 0 Å². The normalized spacial score (nSPS) is 18.0. The van der Waals surface area contributed by atoms with Gasteiger partial charge in [-0.15, -0.1) is 0 Å². The number of carbonyl (C=O) groups is 1. The Hall–Kier alpha value is -1.89. The molecule has 13 heavy (non-hydrogen) atoms. The van der Waals surface area contributed by atoms with Crippen LogP contribution in [0.3, 0.4) is 0 Å². The highest BCUT2D eigenvalue weighted by atomic mass is 16.1. The number of aromatic nitrogens is 2. The van der Waals surface area contributed by atoms with Crippen LogP contribution in [0.15, 0.2) is 18.6 Å². The molecule has 1 aliphatic carbocycles. The molecule has 0 fully saturated rings. The van der Waals surface area contributed by atoms with Gasteiger partial charge in [0, 0.05) is 18.8 Å². The minimum Gasteiger partial charge on any atom is -0.336 e. The molecule has 1 amide bonds. The fourth-order valence-corrected chi connectivity index (χ4v) is 0.940. The maximum atomic E-state index is 11.4. The SMILES string of the molecule is O=C(NC1C#CC1)c1cnccn1. The molecule has 1 unspecified atom stereocenters. The van der Waals surface area contributed by atoms with E-state index in [2.05, 4.69) is 27.1 Å². The third-order valence-corrected chi connectivity index (χ3v) is 1.68. The zero-order chi connectivity index (χ0) is 9.10. The van der Waals surface area contributed by atoms with Crippen molar-refractivity contribution in [2.45, 2.75) is 12.5 Å². The van der Waals surface area contributed by atoms with Crippen LogP contribution in [0.1, 0.15) is 16.9 Å². The minimum atomic E-state index is -0.216. The first kappa shape index (κ1) is 7.74. The predicted octanol–water partition coefficient (Wildman–Crippen LogP) is -0.0179. The summed E-state index contributed by atoms with van der Waals surface area (Å²) in [5, 5.41) is 2.72. The monoisotopic (exact) mass is 173 g/mol. The van der Waals surface area contributed by atoms with Gasteiger partial charge in [-0.2, -0.15) is 0 Å². The Morgan fingerprint density at radius 2 is 2.46 bits per heavy atom. The quantitative estimate of drug-likeness (QED) is 0.639. The largest absolute Gasteiger partial charge is 0.336 e. The Morgan fingerprint density at radius 1 is 1.62 bits per heavy atom. The number of hydrogen-bond donors (Lipinski definition) is 1. The lowest BCUT2D eigenvalue weighted by molar-refractivity contribution is 0.0939. The summed E-state index contributed by atoms with van der Waals surface area (Å²) in [5.41, 5.74) is 0.330. The lowest BCUT2D eigenvalue weighted by Crippen LogP contribution is -2.36. The first-order valence-corrected chi connectivity index (χ1v) is 3.91. The third kappa shape index (κ3) is 1.64. The molecule has 0 spiro atoms. The minimum absolute atomic E-state index is 0.00509. The first-order chi connectivity index (χ1) is 6.36. The lowest BCUT2D eigenvalue weighted by atomic mass is 10.1. The maximum Gasteiger partial charge on any atom is 0.272 e. The molecular formula is C9H7N3O. The van der Waals surface area contributed by atoms with Crippen LogP contribution < -0.4 is 5.32 Å². The summed E-state index contributed by atoms with van der Waals surface area (Å²) in [4.78, 5) is 19.0. The van der Waals surface area contributed by atoms with E-state index in [0.717, 1.165) is 6.42 Å². The van der Waals surface area contributed by atoms with Crippen molar-refractivity contribution in [3.8, 4) is 11.8 Å². The Bertz CT molecular complexity index is 377. The predicted molar refractivity (Wildman–Crippen MR) is 45.7 cm³/mol. The average molecular weight is 173 g/mol. The lowest BCUT2D eigenvalue weighted by Gasteiger charge is -2.13. The highest BCUT2D eigenvalue weighted by Crippen LogP contribution is 1.99. The molecular weight excluding hydrogens is 166 g/mol. The summed E-state index contributed by atoms with van der Waals surface area (Å²) in [6.45, 7) is 0. The number of carbonyl (C=O) groups excluding carboxylic acids is 1. The number of nitrogens with zero attached hydrogens (tertiary/aromatic N) is 2. The second-order valence-corrected chi connectivity index (χ2v) is 2.64. The van der Waals surface area contributed by atoms with Crippen molar-refractivity contribution in [1.82, 2.24) is 15.3 Å². The molecule has 0 saturated carbocycles. The van der Waals surface area contributed by atoms with E-state index in [0.29, 0.717) is 5.69 Å². The van der Waals surface area contributed by atoms with Crippen molar-refractivity contribution in [3.05, 3.63) is 24.3 Å². The second kappa shape index (κ2) is 3.23. The van der Waals surface area contributed by atoms with E-state index in [9.17, 15) is 4.79 Å². The fourth-order valence-electron chi connectivity index (χ4n) is 0.940. The smallest absolute Gasteiger partial charge is 0.272 e. The van der Waals surface area contributed by atoms with Crippen molar-refractivity contribution in [2.75, 3.05) is 0 Å². The summed E-state index contributed by atoms with van der Waals surface area (Å²) < 4.78 is 0. The number of hydrogen-bond acceptors (Lipinski definition) is 3. The summed E-state index contributed by atoms with van der Waals surface area (Å²) in [6, 6.07) is -0.00509. The third-order valence-electron chi connectivity index (χ3n) is 1.68. The number of rotatable bonds is 2. The van der Waals surface area contributed by atoms with Gasteiger partial charge in [-0.05, 0) is 0 Å².